The number of nitrogens with one attached hydrogen (secondary N) is 2. The van der Waals surface area contributed by atoms with Crippen LogP contribution in [-0.4, -0.2) is 46.1 Å². The Hall–Kier alpha value is -2.99. The monoisotopic (exact) mass is 415 g/mol. The third kappa shape index (κ3) is 1.83. The molecule has 3 aromatic rings. The molecule has 0 saturated carbocycles. The Morgan fingerprint density at radius 1 is 1.29 bits per heavy atom. The third-order valence-corrected chi connectivity index (χ3v) is 8.49. The maximum absolute atomic E-state index is 12.7. The van der Waals surface area contributed by atoms with E-state index in [1.807, 2.05) is 12.1 Å². The number of benzene rings is 2. The van der Waals surface area contributed by atoms with Crippen molar-refractivity contribution in [1.29, 1.82) is 0 Å². The molecule has 0 radical (unpaired) electrons. The van der Waals surface area contributed by atoms with Crippen LogP contribution in [0.2, 0.25) is 0 Å². The zero-order valence-corrected chi connectivity index (χ0v) is 17.7. The van der Waals surface area contributed by atoms with Crippen molar-refractivity contribution in [2.24, 2.45) is 0 Å². The molecule has 2 aliphatic heterocycles. The number of ether oxygens (including phenoxy) is 1. The summed E-state index contributed by atoms with van der Waals surface area (Å²) in [6.07, 6.45) is 2.17. The van der Waals surface area contributed by atoms with Crippen LogP contribution in [0.25, 0.3) is 10.9 Å². The fourth-order valence-electron chi connectivity index (χ4n) is 7.45. The van der Waals surface area contributed by atoms with Crippen LogP contribution in [0.3, 0.4) is 0 Å². The lowest BCUT2D eigenvalue weighted by Gasteiger charge is -2.64. The van der Waals surface area contributed by atoms with Gasteiger partial charge in [-0.1, -0.05) is 24.3 Å². The molecule has 4 aliphatic rings. The van der Waals surface area contributed by atoms with Crippen LogP contribution in [-0.2, 0) is 23.1 Å². The molecule has 2 aromatic carbocycles. The van der Waals surface area contributed by atoms with E-state index in [4.69, 9.17) is 4.74 Å². The van der Waals surface area contributed by atoms with Gasteiger partial charge in [-0.2, -0.15) is 0 Å². The van der Waals surface area contributed by atoms with Gasteiger partial charge in [-0.3, -0.25) is 4.79 Å². The number of likely N-dealkylation sites (tertiary alicyclic amines) is 1. The molecule has 31 heavy (non-hydrogen) atoms. The van der Waals surface area contributed by atoms with Crippen LogP contribution in [0.1, 0.15) is 41.8 Å². The summed E-state index contributed by atoms with van der Waals surface area (Å²) in [5, 5.41) is 15.5. The van der Waals surface area contributed by atoms with E-state index in [0.29, 0.717) is 5.75 Å². The van der Waals surface area contributed by atoms with Crippen LogP contribution in [0.5, 0.6) is 11.5 Å². The van der Waals surface area contributed by atoms with Crippen LogP contribution in [0.4, 0.5) is 0 Å². The van der Waals surface area contributed by atoms with Gasteiger partial charge in [0.15, 0.2) is 17.6 Å². The quantitative estimate of drug-likeness (QED) is 0.571. The number of aromatic hydroxyl groups is 1. The van der Waals surface area contributed by atoms with E-state index in [1.165, 1.54) is 16.5 Å². The largest absolute Gasteiger partial charge is 0.504 e. The average Bonchev–Trinajstić information content (AvgIpc) is 3.27. The van der Waals surface area contributed by atoms with Crippen molar-refractivity contribution in [1.82, 2.24) is 15.2 Å². The lowest BCUT2D eigenvalue weighted by atomic mass is 9.47. The topological polar surface area (TPSA) is 77.6 Å². The Labute approximate surface area is 180 Å². The fraction of sp³-hybridized carbons (Fsp3) is 0.400. The Bertz CT molecular complexity index is 1300. The molecular weight excluding hydrogens is 390 g/mol. The number of para-hydroxylation sites is 1. The van der Waals surface area contributed by atoms with Crippen molar-refractivity contribution in [3.63, 3.8) is 0 Å². The number of fused-ring (bicyclic) bond motifs is 4. The molecule has 1 saturated heterocycles. The molecule has 1 amide bonds. The molecule has 7 rings (SSSR count). The van der Waals surface area contributed by atoms with Gasteiger partial charge in [-0.15, -0.1) is 0 Å². The molecule has 6 nitrogen and oxygen atoms in total. The van der Waals surface area contributed by atoms with Gasteiger partial charge in [0.1, 0.15) is 0 Å². The first-order valence-electron chi connectivity index (χ1n) is 11.1. The summed E-state index contributed by atoms with van der Waals surface area (Å²) in [5.41, 5.74) is 4.83. The standard InChI is InChI=1S/C25H25N3O3/c1-13(29)27-25-12-16-15-5-3-4-6-17(15)26-21(16)23-24(25)9-10-28(2)19(25)11-14-7-8-18(30)22(31-23)20(14)24/h3-8,19,23,26,30H,9-12H2,1-2H3,(H,27,29)/t19-,23+,24+,25-/m1/s1. The minimum absolute atomic E-state index is 0.0150. The van der Waals surface area contributed by atoms with E-state index in [1.54, 1.807) is 13.0 Å². The van der Waals surface area contributed by atoms with Gasteiger partial charge in [0.25, 0.3) is 0 Å². The van der Waals surface area contributed by atoms with E-state index in [9.17, 15) is 9.90 Å². The zero-order valence-electron chi connectivity index (χ0n) is 17.7. The summed E-state index contributed by atoms with van der Waals surface area (Å²) >= 11 is 0. The second-order valence-corrected chi connectivity index (χ2v) is 9.76. The molecule has 1 fully saturated rings. The number of hydrogen-bond donors (Lipinski definition) is 3. The molecule has 2 bridgehead atoms. The third-order valence-electron chi connectivity index (χ3n) is 8.49. The number of nitrogens with zero attached hydrogens (tertiary/aromatic N) is 1. The number of amides is 1. The normalized spacial score (nSPS) is 32.3. The van der Waals surface area contributed by atoms with Gasteiger partial charge in [0.2, 0.25) is 5.91 Å². The van der Waals surface area contributed by atoms with Gasteiger partial charge in [-0.25, -0.2) is 0 Å². The van der Waals surface area contributed by atoms with Crippen LogP contribution in [0, 0.1) is 0 Å². The van der Waals surface area contributed by atoms with Gasteiger partial charge >= 0.3 is 0 Å². The number of aromatic nitrogens is 1. The number of likely N-dealkylation sites (N-methyl/N-ethyl adjacent to an activating group) is 1. The summed E-state index contributed by atoms with van der Waals surface area (Å²) in [6.45, 7) is 2.55. The molecular formula is C25H25N3O3. The van der Waals surface area contributed by atoms with Crippen molar-refractivity contribution in [2.75, 3.05) is 13.6 Å². The Balaban J connectivity index is 1.62. The maximum atomic E-state index is 12.7. The van der Waals surface area contributed by atoms with E-state index in [0.717, 1.165) is 42.6 Å². The summed E-state index contributed by atoms with van der Waals surface area (Å²) in [7, 11) is 2.17. The number of carbonyl (C=O) groups excluding carboxylic acids is 1. The Morgan fingerprint density at radius 2 is 2.13 bits per heavy atom. The van der Waals surface area contributed by atoms with Gasteiger partial charge in [-0.05, 0) is 49.7 Å². The van der Waals surface area contributed by atoms with Gasteiger partial charge < -0.3 is 25.0 Å². The molecule has 6 heteroatoms. The number of rotatable bonds is 1. The van der Waals surface area contributed by atoms with Crippen LogP contribution in [0.15, 0.2) is 36.4 Å². The van der Waals surface area contributed by atoms with Crippen molar-refractivity contribution in [3.8, 4) is 11.5 Å². The predicted molar refractivity (Wildman–Crippen MR) is 116 cm³/mol. The lowest BCUT2D eigenvalue weighted by Crippen LogP contribution is -2.79. The van der Waals surface area contributed by atoms with Crippen molar-refractivity contribution >= 4 is 16.8 Å². The molecule has 3 heterocycles. The van der Waals surface area contributed by atoms with E-state index in [2.05, 4.69) is 40.4 Å². The lowest BCUT2D eigenvalue weighted by molar-refractivity contribution is -0.129. The van der Waals surface area contributed by atoms with E-state index < -0.39 is 11.0 Å². The van der Waals surface area contributed by atoms with Crippen molar-refractivity contribution in [2.45, 2.75) is 49.3 Å². The van der Waals surface area contributed by atoms with Crippen molar-refractivity contribution in [3.05, 3.63) is 58.8 Å². The highest BCUT2D eigenvalue weighted by Gasteiger charge is 2.73. The molecule has 1 aromatic heterocycles. The second-order valence-electron chi connectivity index (χ2n) is 9.76. The number of hydrogen-bond acceptors (Lipinski definition) is 4. The number of phenols is 1. The number of carbonyl (C=O) groups is 1. The fourth-order valence-corrected chi connectivity index (χ4v) is 7.45. The Kier molecular flexibility index (Phi) is 3.09. The summed E-state index contributed by atoms with van der Waals surface area (Å²) in [4.78, 5) is 18.7. The highest BCUT2D eigenvalue weighted by molar-refractivity contribution is 5.87. The number of H-pyrrole nitrogens is 1. The van der Waals surface area contributed by atoms with Gasteiger partial charge in [0.05, 0.1) is 16.6 Å². The number of aromatic amines is 1. The molecule has 0 unspecified atom stereocenters. The molecule has 2 aliphatic carbocycles. The summed E-state index contributed by atoms with van der Waals surface area (Å²) in [6, 6.07) is 12.3. The molecule has 3 N–H and O–H groups in total. The van der Waals surface area contributed by atoms with Crippen LogP contribution >= 0.6 is 0 Å². The zero-order chi connectivity index (χ0) is 21.1. The van der Waals surface area contributed by atoms with Crippen molar-refractivity contribution < 1.29 is 14.6 Å². The first kappa shape index (κ1) is 17.7. The predicted octanol–water partition coefficient (Wildman–Crippen LogP) is 2.94. The number of piperidine rings is 1. The number of phenolic OH excluding ortho intramolecular Hbond substituents is 1. The van der Waals surface area contributed by atoms with Crippen LogP contribution < -0.4 is 10.1 Å². The summed E-state index contributed by atoms with van der Waals surface area (Å²) < 4.78 is 6.66. The van der Waals surface area contributed by atoms with E-state index >= 15 is 0 Å². The average molecular weight is 415 g/mol. The molecule has 1 spiro atoms. The first-order valence-corrected chi connectivity index (χ1v) is 11.1. The van der Waals surface area contributed by atoms with E-state index in [-0.39, 0.29) is 23.8 Å². The molecule has 4 atom stereocenters. The minimum Gasteiger partial charge on any atom is -0.504 e. The maximum Gasteiger partial charge on any atom is 0.217 e. The highest BCUT2D eigenvalue weighted by atomic mass is 16.5. The smallest absolute Gasteiger partial charge is 0.217 e. The second kappa shape index (κ2) is 5.43. The Morgan fingerprint density at radius 3 is 2.97 bits per heavy atom. The highest BCUT2D eigenvalue weighted by Crippen LogP contribution is 2.68. The first-order chi connectivity index (χ1) is 15.0. The minimum atomic E-state index is -0.499. The SMILES string of the molecule is CC(=O)N[C@@]12Cc3c([nH]c4ccccc34)[C@@H]3Oc4c(O)ccc5c4[C@@]31CCN(C)[C@@H]2C5. The summed E-state index contributed by atoms with van der Waals surface area (Å²) in [5.74, 6) is 0.778. The molecule has 158 valence electrons. The van der Waals surface area contributed by atoms with Gasteiger partial charge in [0, 0.05) is 35.9 Å².